The van der Waals surface area contributed by atoms with Crippen LogP contribution in [-0.2, 0) is 6.42 Å². The van der Waals surface area contributed by atoms with Gasteiger partial charge in [0.25, 0.3) is 0 Å². The zero-order chi connectivity index (χ0) is 16.1. The number of carbonyl (C=O) groups excluding carboxylic acids is 1. The van der Waals surface area contributed by atoms with Crippen LogP contribution in [0.1, 0.15) is 29.2 Å². The molecule has 0 aromatic heterocycles. The molecule has 2 aromatic rings. The van der Waals surface area contributed by atoms with Gasteiger partial charge in [-0.15, -0.1) is 0 Å². The third-order valence-corrected chi connectivity index (χ3v) is 3.80. The fourth-order valence-corrected chi connectivity index (χ4v) is 2.34. The molecule has 2 amide bonds. The van der Waals surface area contributed by atoms with E-state index in [2.05, 4.69) is 48.7 Å². The molecule has 2 aromatic carbocycles. The SMILES string of the molecule is Cc1ccc(CC(C)NC(=O)Nc2ccc(C)c(C)c2)cc1. The summed E-state index contributed by atoms with van der Waals surface area (Å²) in [5, 5.41) is 5.86. The minimum absolute atomic E-state index is 0.0780. The predicted octanol–water partition coefficient (Wildman–Crippen LogP) is 4.36. The van der Waals surface area contributed by atoms with Gasteiger partial charge in [0.15, 0.2) is 0 Å². The Morgan fingerprint density at radius 2 is 1.68 bits per heavy atom. The molecule has 0 fully saturated rings. The largest absolute Gasteiger partial charge is 0.335 e. The Balaban J connectivity index is 1.88. The maximum absolute atomic E-state index is 12.0. The summed E-state index contributed by atoms with van der Waals surface area (Å²) in [5.74, 6) is 0. The number of hydrogen-bond donors (Lipinski definition) is 2. The number of benzene rings is 2. The van der Waals surface area contributed by atoms with Crippen molar-refractivity contribution in [2.75, 3.05) is 5.32 Å². The van der Waals surface area contributed by atoms with Crippen LogP contribution in [0.4, 0.5) is 10.5 Å². The van der Waals surface area contributed by atoms with Crippen molar-refractivity contribution in [2.24, 2.45) is 0 Å². The standard InChI is InChI=1S/C19H24N2O/c1-13-5-8-17(9-6-13)12-16(4)20-19(22)21-18-10-7-14(2)15(3)11-18/h5-11,16H,12H2,1-4H3,(H2,20,21,22). The lowest BCUT2D eigenvalue weighted by Gasteiger charge is -2.15. The quantitative estimate of drug-likeness (QED) is 0.864. The molecule has 0 heterocycles. The molecular formula is C19H24N2O. The molecule has 0 aliphatic rings. The molecule has 3 heteroatoms. The van der Waals surface area contributed by atoms with Crippen molar-refractivity contribution in [2.45, 2.75) is 40.2 Å². The molecule has 22 heavy (non-hydrogen) atoms. The molecule has 1 atom stereocenters. The maximum atomic E-state index is 12.0. The highest BCUT2D eigenvalue weighted by atomic mass is 16.2. The summed E-state index contributed by atoms with van der Waals surface area (Å²) in [5.41, 5.74) is 5.69. The van der Waals surface area contributed by atoms with E-state index in [1.807, 2.05) is 32.0 Å². The third kappa shape index (κ3) is 4.62. The molecule has 1 unspecified atom stereocenters. The van der Waals surface area contributed by atoms with E-state index in [0.29, 0.717) is 0 Å². The second-order valence-electron chi connectivity index (χ2n) is 5.99. The molecule has 0 saturated carbocycles. The van der Waals surface area contributed by atoms with E-state index >= 15 is 0 Å². The first-order chi connectivity index (χ1) is 10.4. The van der Waals surface area contributed by atoms with Crippen molar-refractivity contribution in [3.05, 3.63) is 64.7 Å². The number of rotatable bonds is 4. The Kier molecular flexibility index (Phi) is 5.21. The van der Waals surface area contributed by atoms with Crippen LogP contribution < -0.4 is 10.6 Å². The Hall–Kier alpha value is -2.29. The molecular weight excluding hydrogens is 272 g/mol. The average molecular weight is 296 g/mol. The Labute approximate surface area is 132 Å². The van der Waals surface area contributed by atoms with Crippen LogP contribution in [-0.4, -0.2) is 12.1 Å². The average Bonchev–Trinajstić information content (AvgIpc) is 2.45. The highest BCUT2D eigenvalue weighted by Gasteiger charge is 2.08. The van der Waals surface area contributed by atoms with Crippen LogP contribution in [0.15, 0.2) is 42.5 Å². The zero-order valence-corrected chi connectivity index (χ0v) is 13.7. The van der Waals surface area contributed by atoms with Gasteiger partial charge in [-0.2, -0.15) is 0 Å². The van der Waals surface area contributed by atoms with Crippen molar-refractivity contribution in [1.29, 1.82) is 0 Å². The van der Waals surface area contributed by atoms with Gasteiger partial charge < -0.3 is 10.6 Å². The van der Waals surface area contributed by atoms with Crippen LogP contribution in [0.2, 0.25) is 0 Å². The van der Waals surface area contributed by atoms with E-state index in [1.54, 1.807) is 0 Å². The number of nitrogens with one attached hydrogen (secondary N) is 2. The Morgan fingerprint density at radius 1 is 1.00 bits per heavy atom. The predicted molar refractivity (Wildman–Crippen MR) is 92.4 cm³/mol. The first kappa shape index (κ1) is 16.1. The van der Waals surface area contributed by atoms with Crippen LogP contribution in [0.25, 0.3) is 0 Å². The van der Waals surface area contributed by atoms with E-state index in [9.17, 15) is 4.79 Å². The Morgan fingerprint density at radius 3 is 2.32 bits per heavy atom. The summed E-state index contributed by atoms with van der Waals surface area (Å²) in [6, 6.07) is 14.2. The van der Waals surface area contributed by atoms with Gasteiger partial charge in [0.1, 0.15) is 0 Å². The molecule has 2 rings (SSSR count). The van der Waals surface area contributed by atoms with E-state index < -0.39 is 0 Å². The number of aryl methyl sites for hydroxylation is 3. The van der Waals surface area contributed by atoms with Crippen LogP contribution in [0.5, 0.6) is 0 Å². The summed E-state index contributed by atoms with van der Waals surface area (Å²) in [7, 11) is 0. The highest BCUT2D eigenvalue weighted by molar-refractivity contribution is 5.89. The number of amides is 2. The van der Waals surface area contributed by atoms with Crippen molar-refractivity contribution < 1.29 is 4.79 Å². The molecule has 0 saturated heterocycles. The van der Waals surface area contributed by atoms with Crippen LogP contribution in [0.3, 0.4) is 0 Å². The van der Waals surface area contributed by atoms with Crippen molar-refractivity contribution >= 4 is 11.7 Å². The summed E-state index contributed by atoms with van der Waals surface area (Å²) in [4.78, 5) is 12.0. The third-order valence-electron chi connectivity index (χ3n) is 3.80. The lowest BCUT2D eigenvalue weighted by Crippen LogP contribution is -2.37. The summed E-state index contributed by atoms with van der Waals surface area (Å²) < 4.78 is 0. The van der Waals surface area contributed by atoms with Gasteiger partial charge in [0.05, 0.1) is 0 Å². The van der Waals surface area contributed by atoms with Gasteiger partial charge >= 0.3 is 6.03 Å². The summed E-state index contributed by atoms with van der Waals surface area (Å²) in [6.45, 7) is 8.18. The van der Waals surface area contributed by atoms with E-state index in [-0.39, 0.29) is 12.1 Å². The molecule has 116 valence electrons. The van der Waals surface area contributed by atoms with E-state index in [1.165, 1.54) is 22.3 Å². The number of urea groups is 1. The fourth-order valence-electron chi connectivity index (χ4n) is 2.34. The van der Waals surface area contributed by atoms with E-state index in [4.69, 9.17) is 0 Å². The topological polar surface area (TPSA) is 41.1 Å². The first-order valence-electron chi connectivity index (χ1n) is 7.64. The smallest absolute Gasteiger partial charge is 0.319 e. The fraction of sp³-hybridized carbons (Fsp3) is 0.316. The summed E-state index contributed by atoms with van der Waals surface area (Å²) in [6.07, 6.45) is 0.820. The molecule has 0 spiro atoms. The lowest BCUT2D eigenvalue weighted by molar-refractivity contribution is 0.249. The zero-order valence-electron chi connectivity index (χ0n) is 13.7. The first-order valence-corrected chi connectivity index (χ1v) is 7.64. The Bertz CT molecular complexity index is 647. The number of carbonyl (C=O) groups is 1. The number of hydrogen-bond acceptors (Lipinski definition) is 1. The van der Waals surface area contributed by atoms with Gasteiger partial charge in [-0.05, 0) is 62.9 Å². The normalized spacial score (nSPS) is 11.8. The summed E-state index contributed by atoms with van der Waals surface area (Å²) >= 11 is 0. The molecule has 0 aliphatic carbocycles. The van der Waals surface area contributed by atoms with E-state index in [0.717, 1.165) is 12.1 Å². The number of anilines is 1. The van der Waals surface area contributed by atoms with Gasteiger partial charge in [0.2, 0.25) is 0 Å². The minimum Gasteiger partial charge on any atom is -0.335 e. The highest BCUT2D eigenvalue weighted by Crippen LogP contribution is 2.14. The second-order valence-corrected chi connectivity index (χ2v) is 5.99. The molecule has 0 radical (unpaired) electrons. The molecule has 3 nitrogen and oxygen atoms in total. The van der Waals surface area contributed by atoms with Crippen LogP contribution >= 0.6 is 0 Å². The van der Waals surface area contributed by atoms with Gasteiger partial charge in [0, 0.05) is 11.7 Å². The molecule has 2 N–H and O–H groups in total. The minimum atomic E-state index is -0.164. The van der Waals surface area contributed by atoms with Gasteiger partial charge in [-0.1, -0.05) is 35.9 Å². The van der Waals surface area contributed by atoms with Crippen molar-refractivity contribution in [3.8, 4) is 0 Å². The van der Waals surface area contributed by atoms with Crippen LogP contribution in [0, 0.1) is 20.8 Å². The lowest BCUT2D eigenvalue weighted by atomic mass is 10.1. The molecule has 0 aliphatic heterocycles. The van der Waals surface area contributed by atoms with Gasteiger partial charge in [-0.25, -0.2) is 4.79 Å². The monoisotopic (exact) mass is 296 g/mol. The maximum Gasteiger partial charge on any atom is 0.319 e. The molecule has 0 bridgehead atoms. The van der Waals surface area contributed by atoms with Crippen molar-refractivity contribution in [1.82, 2.24) is 5.32 Å². The van der Waals surface area contributed by atoms with Crippen molar-refractivity contribution in [3.63, 3.8) is 0 Å². The second kappa shape index (κ2) is 7.12. The van der Waals surface area contributed by atoms with Gasteiger partial charge in [-0.3, -0.25) is 0 Å².